The van der Waals surface area contributed by atoms with Crippen LogP contribution in [0.3, 0.4) is 0 Å². The van der Waals surface area contributed by atoms with E-state index in [1.807, 2.05) is 12.1 Å². The minimum atomic E-state index is 0.658. The number of nitrogens with zero attached hydrogens (tertiary/aromatic N) is 1. The first kappa shape index (κ1) is 15.8. The molecule has 1 aromatic heterocycles. The summed E-state index contributed by atoms with van der Waals surface area (Å²) in [6, 6.07) is 10.2. The molecule has 1 N–H and O–H groups in total. The van der Waals surface area contributed by atoms with Gasteiger partial charge in [-0.1, -0.05) is 36.4 Å². The molecule has 0 bridgehead atoms. The van der Waals surface area contributed by atoms with Gasteiger partial charge in [0.05, 0.1) is 5.02 Å². The molecule has 0 aliphatic carbocycles. The van der Waals surface area contributed by atoms with E-state index in [4.69, 9.17) is 11.6 Å². The Morgan fingerprint density at radius 2 is 2.15 bits per heavy atom. The fourth-order valence-corrected chi connectivity index (χ4v) is 3.22. The summed E-state index contributed by atoms with van der Waals surface area (Å²) in [4.78, 5) is 5.45. The van der Waals surface area contributed by atoms with E-state index in [0.717, 1.165) is 33.9 Å². The van der Waals surface area contributed by atoms with Gasteiger partial charge >= 0.3 is 0 Å². The minimum absolute atomic E-state index is 0.658. The summed E-state index contributed by atoms with van der Waals surface area (Å²) in [6.45, 7) is 4.11. The molecule has 0 saturated carbocycles. The number of hydrogen-bond donors (Lipinski definition) is 1. The van der Waals surface area contributed by atoms with E-state index in [1.54, 1.807) is 18.0 Å². The molecule has 2 nitrogen and oxygen atoms in total. The summed E-state index contributed by atoms with van der Waals surface area (Å²) in [5, 5.41) is 4.99. The number of halogens is 2. The summed E-state index contributed by atoms with van der Waals surface area (Å²) in [5.74, 6) is 0. The molecule has 0 spiro atoms. The lowest BCUT2D eigenvalue weighted by molar-refractivity contribution is 0.675. The fourth-order valence-electron chi connectivity index (χ4n) is 1.68. The fraction of sp³-hybridized carbons (Fsp3) is 0.267. The lowest BCUT2D eigenvalue weighted by atomic mass is 10.2. The van der Waals surface area contributed by atoms with Gasteiger partial charge in [-0.2, -0.15) is 0 Å². The highest BCUT2D eigenvalue weighted by atomic mass is 79.9. The SMILES string of the molecule is CCCNCc1ccc(Sc2ccc(Cl)cn2)c(Br)c1. The molecule has 106 valence electrons. The standard InChI is InChI=1S/C15H16BrClN2S/c1-2-7-18-9-11-3-5-14(13(16)8-11)20-15-6-4-12(17)10-19-15/h3-6,8,10,18H,2,7,9H2,1H3. The zero-order valence-corrected chi connectivity index (χ0v) is 14.4. The van der Waals surface area contributed by atoms with Crippen molar-refractivity contribution in [3.63, 3.8) is 0 Å². The Labute approximate surface area is 137 Å². The van der Waals surface area contributed by atoms with Crippen LogP contribution in [-0.4, -0.2) is 11.5 Å². The maximum absolute atomic E-state index is 5.84. The highest BCUT2D eigenvalue weighted by Gasteiger charge is 2.05. The maximum atomic E-state index is 5.84. The third kappa shape index (κ3) is 4.77. The van der Waals surface area contributed by atoms with Gasteiger partial charge in [-0.05, 0) is 58.7 Å². The van der Waals surface area contributed by atoms with Crippen LogP contribution in [0.25, 0.3) is 0 Å². The lowest BCUT2D eigenvalue weighted by Crippen LogP contribution is -2.13. The zero-order chi connectivity index (χ0) is 14.4. The van der Waals surface area contributed by atoms with Gasteiger partial charge in [0, 0.05) is 22.1 Å². The summed E-state index contributed by atoms with van der Waals surface area (Å²) < 4.78 is 1.09. The van der Waals surface area contributed by atoms with Crippen LogP contribution in [0.15, 0.2) is 50.9 Å². The molecule has 0 unspecified atom stereocenters. The van der Waals surface area contributed by atoms with Crippen LogP contribution >= 0.6 is 39.3 Å². The van der Waals surface area contributed by atoms with Crippen molar-refractivity contribution in [2.45, 2.75) is 29.8 Å². The summed E-state index contributed by atoms with van der Waals surface area (Å²) >= 11 is 11.1. The van der Waals surface area contributed by atoms with Crippen molar-refractivity contribution in [1.29, 1.82) is 0 Å². The summed E-state index contributed by atoms with van der Waals surface area (Å²) in [5.41, 5.74) is 1.28. The molecule has 2 aromatic rings. The third-order valence-corrected chi connectivity index (χ3v) is 4.84. The molecule has 0 atom stereocenters. The highest BCUT2D eigenvalue weighted by molar-refractivity contribution is 9.10. The van der Waals surface area contributed by atoms with Crippen molar-refractivity contribution in [2.24, 2.45) is 0 Å². The van der Waals surface area contributed by atoms with Gasteiger partial charge in [0.2, 0.25) is 0 Å². The number of hydrogen-bond acceptors (Lipinski definition) is 3. The second-order valence-corrected chi connectivity index (χ2v) is 6.71. The van der Waals surface area contributed by atoms with Crippen molar-refractivity contribution in [2.75, 3.05) is 6.54 Å². The van der Waals surface area contributed by atoms with Crippen LogP contribution in [0.4, 0.5) is 0 Å². The van der Waals surface area contributed by atoms with E-state index in [-0.39, 0.29) is 0 Å². The monoisotopic (exact) mass is 370 g/mol. The van der Waals surface area contributed by atoms with Crippen LogP contribution in [0, 0.1) is 0 Å². The van der Waals surface area contributed by atoms with Gasteiger partial charge in [-0.25, -0.2) is 4.98 Å². The Kier molecular flexibility index (Phi) is 6.36. The molecule has 0 saturated heterocycles. The van der Waals surface area contributed by atoms with Gasteiger partial charge in [-0.3, -0.25) is 0 Å². The number of rotatable bonds is 6. The molecule has 1 heterocycles. The van der Waals surface area contributed by atoms with Crippen molar-refractivity contribution in [3.05, 3.63) is 51.6 Å². The predicted octanol–water partition coefficient (Wildman–Crippen LogP) is 5.15. The molecule has 5 heteroatoms. The largest absolute Gasteiger partial charge is 0.313 e. The Morgan fingerprint density at radius 3 is 2.80 bits per heavy atom. The second-order valence-electron chi connectivity index (χ2n) is 4.36. The molecule has 0 fully saturated rings. The van der Waals surface area contributed by atoms with Crippen molar-refractivity contribution in [1.82, 2.24) is 10.3 Å². The smallest absolute Gasteiger partial charge is 0.101 e. The number of benzene rings is 1. The van der Waals surface area contributed by atoms with Crippen molar-refractivity contribution < 1.29 is 0 Å². The number of pyridine rings is 1. The van der Waals surface area contributed by atoms with Crippen LogP contribution < -0.4 is 5.32 Å². The molecule has 20 heavy (non-hydrogen) atoms. The molecule has 2 rings (SSSR count). The predicted molar refractivity (Wildman–Crippen MR) is 89.5 cm³/mol. The van der Waals surface area contributed by atoms with E-state index in [0.29, 0.717) is 5.02 Å². The molecule has 0 aliphatic rings. The number of nitrogens with one attached hydrogen (secondary N) is 1. The highest BCUT2D eigenvalue weighted by Crippen LogP contribution is 2.33. The van der Waals surface area contributed by atoms with E-state index >= 15 is 0 Å². The lowest BCUT2D eigenvalue weighted by Gasteiger charge is -2.08. The Bertz CT molecular complexity index is 560. The Hall–Kier alpha value is -0.550. The van der Waals surface area contributed by atoms with E-state index < -0.39 is 0 Å². The van der Waals surface area contributed by atoms with Crippen LogP contribution in [0.2, 0.25) is 5.02 Å². The van der Waals surface area contributed by atoms with Gasteiger partial charge < -0.3 is 5.32 Å². The van der Waals surface area contributed by atoms with Crippen LogP contribution in [0.5, 0.6) is 0 Å². The van der Waals surface area contributed by atoms with E-state index in [1.165, 1.54) is 5.56 Å². The minimum Gasteiger partial charge on any atom is -0.313 e. The van der Waals surface area contributed by atoms with Crippen LogP contribution in [-0.2, 0) is 6.54 Å². The normalized spacial score (nSPS) is 10.8. The van der Waals surface area contributed by atoms with Gasteiger partial charge in [0.1, 0.15) is 5.03 Å². The van der Waals surface area contributed by atoms with E-state index in [9.17, 15) is 0 Å². The average Bonchev–Trinajstić information content (AvgIpc) is 2.44. The first-order chi connectivity index (χ1) is 9.69. The van der Waals surface area contributed by atoms with Gasteiger partial charge in [0.15, 0.2) is 0 Å². The molecule has 0 radical (unpaired) electrons. The Morgan fingerprint density at radius 1 is 1.30 bits per heavy atom. The van der Waals surface area contributed by atoms with E-state index in [2.05, 4.69) is 51.4 Å². The second kappa shape index (κ2) is 8.03. The van der Waals surface area contributed by atoms with Gasteiger partial charge in [-0.15, -0.1) is 0 Å². The quantitative estimate of drug-likeness (QED) is 0.711. The summed E-state index contributed by atoms with van der Waals surface area (Å²) in [6.07, 6.45) is 2.82. The molecule has 0 amide bonds. The molecular formula is C15H16BrClN2S. The van der Waals surface area contributed by atoms with Crippen molar-refractivity contribution >= 4 is 39.3 Å². The molecule has 1 aromatic carbocycles. The zero-order valence-electron chi connectivity index (χ0n) is 11.2. The average molecular weight is 372 g/mol. The first-order valence-electron chi connectivity index (χ1n) is 6.47. The Balaban J connectivity index is 2.03. The van der Waals surface area contributed by atoms with Gasteiger partial charge in [0.25, 0.3) is 0 Å². The van der Waals surface area contributed by atoms with Crippen molar-refractivity contribution in [3.8, 4) is 0 Å². The third-order valence-electron chi connectivity index (χ3n) is 2.67. The topological polar surface area (TPSA) is 24.9 Å². The molecule has 0 aliphatic heterocycles. The maximum Gasteiger partial charge on any atom is 0.101 e. The first-order valence-corrected chi connectivity index (χ1v) is 8.46. The summed E-state index contributed by atoms with van der Waals surface area (Å²) in [7, 11) is 0. The number of aromatic nitrogens is 1. The molecular weight excluding hydrogens is 356 g/mol. The van der Waals surface area contributed by atoms with Crippen LogP contribution in [0.1, 0.15) is 18.9 Å².